The smallest absolute Gasteiger partial charge is 0.246 e. The van der Waals surface area contributed by atoms with E-state index in [-0.39, 0.29) is 5.57 Å². The topological polar surface area (TPSA) is 119 Å². The molecule has 5 atom stereocenters. The molecule has 1 rings (SSSR count). The molecule has 0 aromatic rings. The van der Waals surface area contributed by atoms with E-state index >= 15 is 0 Å². The summed E-state index contributed by atoms with van der Waals surface area (Å²) in [6, 6.07) is -1.17. The summed E-state index contributed by atoms with van der Waals surface area (Å²) in [5.41, 5.74) is 0.197. The number of nitrogens with one attached hydrogen (secondary N) is 1. The summed E-state index contributed by atoms with van der Waals surface area (Å²) in [6.45, 7) is 4.32. The maximum absolute atomic E-state index is 11.3. The van der Waals surface area contributed by atoms with E-state index in [0.717, 1.165) is 0 Å². The van der Waals surface area contributed by atoms with Crippen molar-refractivity contribution in [3.63, 3.8) is 0 Å². The normalized spacial score (nSPS) is 37.6. The molecule has 17 heavy (non-hydrogen) atoms. The highest BCUT2D eigenvalue weighted by atomic mass is 16.6. The summed E-state index contributed by atoms with van der Waals surface area (Å²) in [7, 11) is 0. The Kier molecular flexibility index (Phi) is 4.61. The minimum absolute atomic E-state index is 0.197. The van der Waals surface area contributed by atoms with Crippen molar-refractivity contribution in [1.82, 2.24) is 5.32 Å². The molecule has 7 heteroatoms. The first-order valence-corrected chi connectivity index (χ1v) is 5.15. The Labute approximate surface area is 98.3 Å². The molecule has 5 N–H and O–H groups in total. The molecule has 0 aromatic heterocycles. The van der Waals surface area contributed by atoms with Crippen molar-refractivity contribution in [2.24, 2.45) is 0 Å². The molecule has 1 heterocycles. The van der Waals surface area contributed by atoms with Crippen molar-refractivity contribution in [2.45, 2.75) is 37.6 Å². The third-order valence-electron chi connectivity index (χ3n) is 2.59. The quantitative estimate of drug-likeness (QED) is 0.351. The molecule has 0 saturated carbocycles. The van der Waals surface area contributed by atoms with Crippen LogP contribution in [0.1, 0.15) is 6.92 Å². The average molecular weight is 247 g/mol. The van der Waals surface area contributed by atoms with E-state index < -0.39 is 43.2 Å². The Morgan fingerprint density at radius 1 is 1.35 bits per heavy atom. The van der Waals surface area contributed by atoms with Crippen molar-refractivity contribution < 1.29 is 30.0 Å². The number of hydrogen-bond donors (Lipinski definition) is 5. The van der Waals surface area contributed by atoms with Gasteiger partial charge in [-0.15, -0.1) is 0 Å². The van der Waals surface area contributed by atoms with Crippen LogP contribution in [0.15, 0.2) is 12.2 Å². The molecule has 1 aliphatic heterocycles. The lowest BCUT2D eigenvalue weighted by molar-refractivity contribution is -0.253. The van der Waals surface area contributed by atoms with Crippen molar-refractivity contribution in [2.75, 3.05) is 6.61 Å². The number of ether oxygens (including phenoxy) is 1. The van der Waals surface area contributed by atoms with Crippen LogP contribution in [0.3, 0.4) is 0 Å². The number of carbonyl (C=O) groups is 1. The highest BCUT2D eigenvalue weighted by Crippen LogP contribution is 2.19. The number of aliphatic hydroxyl groups excluding tert-OH is 4. The first-order chi connectivity index (χ1) is 7.88. The fourth-order valence-corrected chi connectivity index (χ4v) is 1.53. The van der Waals surface area contributed by atoms with Crippen molar-refractivity contribution in [3.05, 3.63) is 12.2 Å². The Bertz CT molecular complexity index is 307. The lowest BCUT2D eigenvalue weighted by Gasteiger charge is -2.40. The van der Waals surface area contributed by atoms with Gasteiger partial charge in [-0.05, 0) is 6.92 Å². The van der Waals surface area contributed by atoms with Crippen LogP contribution in [-0.4, -0.2) is 63.6 Å². The number of amides is 1. The largest absolute Gasteiger partial charge is 0.394 e. The van der Waals surface area contributed by atoms with Crippen molar-refractivity contribution in [1.29, 1.82) is 0 Å². The predicted molar refractivity (Wildman–Crippen MR) is 56.7 cm³/mol. The zero-order valence-corrected chi connectivity index (χ0v) is 9.41. The van der Waals surface area contributed by atoms with Gasteiger partial charge in [0.05, 0.1) is 6.61 Å². The second-order valence-corrected chi connectivity index (χ2v) is 4.01. The monoisotopic (exact) mass is 247 g/mol. The molecule has 0 aromatic carbocycles. The van der Waals surface area contributed by atoms with Gasteiger partial charge in [0.1, 0.15) is 24.4 Å². The van der Waals surface area contributed by atoms with E-state index in [9.17, 15) is 20.1 Å². The molecule has 1 aliphatic rings. The number of carbonyl (C=O) groups excluding carboxylic acids is 1. The molecule has 0 radical (unpaired) electrons. The predicted octanol–water partition coefficient (Wildman–Crippen LogP) is -2.52. The van der Waals surface area contributed by atoms with Gasteiger partial charge in [0.15, 0.2) is 6.29 Å². The van der Waals surface area contributed by atoms with Gasteiger partial charge in [-0.25, -0.2) is 0 Å². The van der Waals surface area contributed by atoms with Gasteiger partial charge < -0.3 is 30.5 Å². The van der Waals surface area contributed by atoms with Gasteiger partial charge in [0, 0.05) is 5.57 Å². The minimum atomic E-state index is -1.51. The standard InChI is InChI=1S/C10H17NO6/c1-4(2)9(15)11-6-8(14)7(13)5(3-12)17-10(6)16/h5-8,10,12-14,16H,1,3H2,2H3,(H,11,15)/t5-,6+,7-,8-,10+/m1/s1. The Hall–Kier alpha value is -0.990. The summed E-state index contributed by atoms with van der Waals surface area (Å²) >= 11 is 0. The van der Waals surface area contributed by atoms with Crippen LogP contribution in [0.25, 0.3) is 0 Å². The molecule has 1 saturated heterocycles. The van der Waals surface area contributed by atoms with Gasteiger partial charge >= 0.3 is 0 Å². The zero-order valence-electron chi connectivity index (χ0n) is 9.41. The lowest BCUT2D eigenvalue weighted by atomic mass is 9.97. The molecule has 1 fully saturated rings. The van der Waals surface area contributed by atoms with Gasteiger partial charge in [0.25, 0.3) is 0 Å². The molecule has 0 aliphatic carbocycles. The van der Waals surface area contributed by atoms with E-state index in [2.05, 4.69) is 11.9 Å². The van der Waals surface area contributed by atoms with Gasteiger partial charge in [-0.1, -0.05) is 6.58 Å². The molecule has 98 valence electrons. The first kappa shape index (κ1) is 14.1. The number of rotatable bonds is 3. The third-order valence-corrected chi connectivity index (χ3v) is 2.59. The van der Waals surface area contributed by atoms with Gasteiger partial charge in [-0.2, -0.15) is 0 Å². The van der Waals surface area contributed by atoms with Gasteiger partial charge in [-0.3, -0.25) is 4.79 Å². The van der Waals surface area contributed by atoms with Crippen LogP contribution >= 0.6 is 0 Å². The van der Waals surface area contributed by atoms with E-state index in [1.165, 1.54) is 6.92 Å². The maximum atomic E-state index is 11.3. The third kappa shape index (κ3) is 3.02. The van der Waals surface area contributed by atoms with Crippen LogP contribution in [0.2, 0.25) is 0 Å². The fraction of sp³-hybridized carbons (Fsp3) is 0.700. The van der Waals surface area contributed by atoms with Crippen LogP contribution in [-0.2, 0) is 9.53 Å². The maximum Gasteiger partial charge on any atom is 0.246 e. The van der Waals surface area contributed by atoms with Crippen LogP contribution in [0.5, 0.6) is 0 Å². The number of aliphatic hydroxyl groups is 4. The summed E-state index contributed by atoms with van der Waals surface area (Å²) in [6.07, 6.45) is -5.41. The Morgan fingerprint density at radius 3 is 2.41 bits per heavy atom. The highest BCUT2D eigenvalue weighted by Gasteiger charge is 2.44. The van der Waals surface area contributed by atoms with Crippen molar-refractivity contribution in [3.8, 4) is 0 Å². The highest BCUT2D eigenvalue weighted by molar-refractivity contribution is 5.92. The summed E-state index contributed by atoms with van der Waals surface area (Å²) in [5.74, 6) is -0.564. The second kappa shape index (κ2) is 5.56. The van der Waals surface area contributed by atoms with E-state index in [1.54, 1.807) is 0 Å². The van der Waals surface area contributed by atoms with E-state index in [0.29, 0.717) is 0 Å². The fourth-order valence-electron chi connectivity index (χ4n) is 1.53. The molecular formula is C10H17NO6. The SMILES string of the molecule is C=C(C)C(=O)N[C@H]1[C@@H](O)[C@H](O)[C@@H](CO)O[C@@H]1O. The number of hydrogen-bond acceptors (Lipinski definition) is 6. The van der Waals surface area contributed by atoms with Crippen molar-refractivity contribution >= 4 is 5.91 Å². The molecule has 1 amide bonds. The van der Waals surface area contributed by atoms with Crippen LogP contribution in [0, 0.1) is 0 Å². The van der Waals surface area contributed by atoms with Gasteiger partial charge in [0.2, 0.25) is 5.91 Å². The molecule has 0 bridgehead atoms. The Balaban J connectivity index is 2.73. The minimum Gasteiger partial charge on any atom is -0.394 e. The molecule has 0 unspecified atom stereocenters. The van der Waals surface area contributed by atoms with Crippen LogP contribution in [0.4, 0.5) is 0 Å². The second-order valence-electron chi connectivity index (χ2n) is 4.01. The zero-order chi connectivity index (χ0) is 13.2. The average Bonchev–Trinajstić information content (AvgIpc) is 2.28. The molecular weight excluding hydrogens is 230 g/mol. The molecule has 0 spiro atoms. The first-order valence-electron chi connectivity index (χ1n) is 5.15. The van der Waals surface area contributed by atoms with E-state index in [4.69, 9.17) is 9.84 Å². The lowest BCUT2D eigenvalue weighted by Crippen LogP contribution is -2.64. The summed E-state index contributed by atoms with van der Waals surface area (Å²) < 4.78 is 4.86. The Morgan fingerprint density at radius 2 is 1.94 bits per heavy atom. The van der Waals surface area contributed by atoms with E-state index in [1.807, 2.05) is 0 Å². The summed E-state index contributed by atoms with van der Waals surface area (Å²) in [4.78, 5) is 11.3. The summed E-state index contributed by atoms with van der Waals surface area (Å²) in [5, 5.41) is 39.9. The van der Waals surface area contributed by atoms with Crippen LogP contribution < -0.4 is 5.32 Å². The molecule has 7 nitrogen and oxygen atoms in total.